The van der Waals surface area contributed by atoms with Gasteiger partial charge in [-0.1, -0.05) is 133 Å². The van der Waals surface area contributed by atoms with Crippen molar-refractivity contribution >= 4 is 5.97 Å². The van der Waals surface area contributed by atoms with Gasteiger partial charge in [0.15, 0.2) is 0 Å². The van der Waals surface area contributed by atoms with Crippen LogP contribution in [0.3, 0.4) is 0 Å². The van der Waals surface area contributed by atoms with E-state index in [0.717, 1.165) is 27.8 Å². The van der Waals surface area contributed by atoms with Crippen molar-refractivity contribution in [3.05, 3.63) is 179 Å². The van der Waals surface area contributed by atoms with Gasteiger partial charge in [-0.3, -0.25) is 0 Å². The summed E-state index contributed by atoms with van der Waals surface area (Å²) in [5.74, 6) is 6.29. The molecule has 5 aromatic carbocycles. The first-order valence-corrected chi connectivity index (χ1v) is 12.8. The van der Waals surface area contributed by atoms with Gasteiger partial charge in [0.05, 0.1) is 12.7 Å². The quantitative estimate of drug-likeness (QED) is 0.129. The Hall–Kier alpha value is -4.91. The van der Waals surface area contributed by atoms with Crippen molar-refractivity contribution in [2.24, 2.45) is 0 Å². The summed E-state index contributed by atoms with van der Waals surface area (Å²) in [6.07, 6.45) is -0.563. The zero-order chi connectivity index (χ0) is 26.9. The Bertz CT molecular complexity index is 1450. The Morgan fingerprint density at radius 3 is 1.49 bits per heavy atom. The minimum Gasteiger partial charge on any atom is -0.465 e. The van der Waals surface area contributed by atoms with E-state index < -0.39 is 11.7 Å². The maximum absolute atomic E-state index is 11.9. The van der Waals surface area contributed by atoms with E-state index in [2.05, 4.69) is 48.2 Å². The number of hydrogen-bond donors (Lipinski definition) is 0. The number of hydrogen-bond acceptors (Lipinski definition) is 3. The zero-order valence-electron chi connectivity index (χ0n) is 21.7. The lowest BCUT2D eigenvalue weighted by atomic mass is 9.79. The van der Waals surface area contributed by atoms with E-state index in [1.54, 1.807) is 12.1 Å². The van der Waals surface area contributed by atoms with Gasteiger partial charge in [-0.15, -0.1) is 0 Å². The van der Waals surface area contributed by atoms with Crippen LogP contribution in [0.5, 0.6) is 0 Å². The normalized spacial score (nSPS) is 11.6. The van der Waals surface area contributed by atoms with Crippen molar-refractivity contribution in [1.82, 2.24) is 0 Å². The smallest absolute Gasteiger partial charge is 0.337 e. The summed E-state index contributed by atoms with van der Waals surface area (Å²) in [5, 5.41) is 0. The number of methoxy groups -OCH3 is 1. The summed E-state index contributed by atoms with van der Waals surface area (Å²) in [5.41, 5.74) is 4.30. The second kappa shape index (κ2) is 12.1. The van der Waals surface area contributed by atoms with E-state index in [4.69, 9.17) is 9.47 Å². The minimum absolute atomic E-state index is 0.377. The highest BCUT2D eigenvalue weighted by molar-refractivity contribution is 5.89. The molecule has 0 N–H and O–H groups in total. The Morgan fingerprint density at radius 1 is 0.615 bits per heavy atom. The first-order valence-electron chi connectivity index (χ1n) is 12.8. The van der Waals surface area contributed by atoms with Crippen LogP contribution in [0.2, 0.25) is 0 Å². The standard InChI is InChI=1S/C36H28O3/c1-38-35(37)30-25-22-28(23-26-30)24-27-34(29-14-6-2-7-15-29)39-36(31-16-8-3-9-17-31,32-18-10-4-11-19-32)33-20-12-5-13-21-33/h2-23,25-26,34H,1H3. The monoisotopic (exact) mass is 508 g/mol. The average molecular weight is 509 g/mol. The van der Waals surface area contributed by atoms with Gasteiger partial charge >= 0.3 is 5.97 Å². The van der Waals surface area contributed by atoms with Crippen LogP contribution in [0.1, 0.15) is 44.3 Å². The summed E-state index contributed by atoms with van der Waals surface area (Å²) in [6, 6.07) is 47.9. The van der Waals surface area contributed by atoms with Crippen LogP contribution in [0.4, 0.5) is 0 Å². The topological polar surface area (TPSA) is 35.5 Å². The molecule has 0 bridgehead atoms. The molecule has 0 saturated heterocycles. The Labute approximate surface area is 229 Å². The molecular formula is C36H28O3. The van der Waals surface area contributed by atoms with Gasteiger partial charge in [0.2, 0.25) is 0 Å². The van der Waals surface area contributed by atoms with Crippen molar-refractivity contribution in [1.29, 1.82) is 0 Å². The van der Waals surface area contributed by atoms with Crippen LogP contribution >= 0.6 is 0 Å². The average Bonchev–Trinajstić information content (AvgIpc) is 3.03. The van der Waals surface area contributed by atoms with E-state index in [-0.39, 0.29) is 5.97 Å². The molecule has 5 rings (SSSR count). The van der Waals surface area contributed by atoms with E-state index in [9.17, 15) is 4.79 Å². The van der Waals surface area contributed by atoms with E-state index in [0.29, 0.717) is 5.56 Å². The van der Waals surface area contributed by atoms with Crippen LogP contribution in [0, 0.1) is 11.8 Å². The fourth-order valence-corrected chi connectivity index (χ4v) is 4.66. The molecule has 0 aromatic heterocycles. The summed E-state index contributed by atoms with van der Waals surface area (Å²) >= 11 is 0. The van der Waals surface area contributed by atoms with Gasteiger partial charge in [-0.2, -0.15) is 0 Å². The van der Waals surface area contributed by atoms with Gasteiger partial charge in [0.1, 0.15) is 11.7 Å². The zero-order valence-corrected chi connectivity index (χ0v) is 21.7. The van der Waals surface area contributed by atoms with E-state index >= 15 is 0 Å². The number of ether oxygens (including phenoxy) is 2. The van der Waals surface area contributed by atoms with E-state index in [1.807, 2.05) is 97.1 Å². The number of carbonyl (C=O) groups excluding carboxylic acids is 1. The first kappa shape index (κ1) is 25.7. The predicted molar refractivity (Wildman–Crippen MR) is 154 cm³/mol. The highest BCUT2D eigenvalue weighted by atomic mass is 16.5. The highest BCUT2D eigenvalue weighted by Crippen LogP contribution is 2.43. The van der Waals surface area contributed by atoms with Crippen molar-refractivity contribution in [3.63, 3.8) is 0 Å². The molecule has 1 atom stereocenters. The van der Waals surface area contributed by atoms with Crippen LogP contribution in [0.15, 0.2) is 146 Å². The molecule has 5 aromatic rings. The van der Waals surface area contributed by atoms with Crippen molar-refractivity contribution in [3.8, 4) is 11.8 Å². The molecule has 0 amide bonds. The third-order valence-electron chi connectivity index (χ3n) is 6.59. The SMILES string of the molecule is COC(=O)c1ccc(C#CC(OC(c2ccccc2)(c2ccccc2)c2ccccc2)c2ccccc2)cc1. The highest BCUT2D eigenvalue weighted by Gasteiger charge is 2.40. The number of benzene rings is 5. The number of carbonyl (C=O) groups is 1. The summed E-state index contributed by atoms with van der Waals surface area (Å²) < 4.78 is 12.1. The second-order valence-corrected chi connectivity index (χ2v) is 9.03. The molecule has 39 heavy (non-hydrogen) atoms. The minimum atomic E-state index is -0.923. The first-order chi connectivity index (χ1) is 19.2. The molecule has 0 aliphatic carbocycles. The van der Waals surface area contributed by atoms with Crippen molar-refractivity contribution in [2.75, 3.05) is 7.11 Å². The summed E-state index contributed by atoms with van der Waals surface area (Å²) in [6.45, 7) is 0. The molecule has 0 spiro atoms. The lowest BCUT2D eigenvalue weighted by Crippen LogP contribution is -2.34. The van der Waals surface area contributed by atoms with Gasteiger partial charge in [0.25, 0.3) is 0 Å². The van der Waals surface area contributed by atoms with Gasteiger partial charge in [-0.25, -0.2) is 4.79 Å². The molecule has 0 saturated carbocycles. The fourth-order valence-electron chi connectivity index (χ4n) is 4.66. The lowest BCUT2D eigenvalue weighted by Gasteiger charge is -2.38. The second-order valence-electron chi connectivity index (χ2n) is 9.03. The third kappa shape index (κ3) is 5.67. The Kier molecular flexibility index (Phi) is 7.98. The van der Waals surface area contributed by atoms with Crippen LogP contribution in [-0.2, 0) is 15.1 Å². The van der Waals surface area contributed by atoms with Gasteiger partial charge in [0, 0.05) is 5.56 Å². The molecule has 3 nitrogen and oxygen atoms in total. The molecule has 0 heterocycles. The summed E-state index contributed by atoms with van der Waals surface area (Å²) in [4.78, 5) is 11.9. The molecule has 0 aliphatic heterocycles. The molecule has 0 fully saturated rings. The van der Waals surface area contributed by atoms with Crippen LogP contribution < -0.4 is 0 Å². The third-order valence-corrected chi connectivity index (χ3v) is 6.59. The molecule has 190 valence electrons. The Balaban J connectivity index is 1.66. The van der Waals surface area contributed by atoms with Crippen LogP contribution in [-0.4, -0.2) is 13.1 Å². The maximum atomic E-state index is 11.9. The fraction of sp³-hybridized carbons (Fsp3) is 0.0833. The van der Waals surface area contributed by atoms with Gasteiger partial charge < -0.3 is 9.47 Å². The molecule has 1 unspecified atom stereocenters. The van der Waals surface area contributed by atoms with Crippen molar-refractivity contribution in [2.45, 2.75) is 11.7 Å². The largest absolute Gasteiger partial charge is 0.465 e. The lowest BCUT2D eigenvalue weighted by molar-refractivity contribution is -0.0213. The maximum Gasteiger partial charge on any atom is 0.337 e. The van der Waals surface area contributed by atoms with Gasteiger partial charge in [-0.05, 0) is 46.5 Å². The predicted octanol–water partition coefficient (Wildman–Crippen LogP) is 7.57. The van der Waals surface area contributed by atoms with Crippen molar-refractivity contribution < 1.29 is 14.3 Å². The molecule has 0 radical (unpaired) electrons. The van der Waals surface area contributed by atoms with Crippen LogP contribution in [0.25, 0.3) is 0 Å². The Morgan fingerprint density at radius 2 is 1.05 bits per heavy atom. The molecule has 3 heteroatoms. The van der Waals surface area contributed by atoms with E-state index in [1.165, 1.54) is 7.11 Å². The number of esters is 1. The number of rotatable bonds is 7. The molecular weight excluding hydrogens is 480 g/mol. The molecule has 0 aliphatic rings. The summed E-state index contributed by atoms with van der Waals surface area (Å²) in [7, 11) is 1.37.